The first-order valence-corrected chi connectivity index (χ1v) is 11.6. The van der Waals surface area contributed by atoms with Crippen LogP contribution in [0, 0.1) is 5.92 Å². The minimum atomic E-state index is -2.50. The van der Waals surface area contributed by atoms with E-state index in [9.17, 15) is 5.11 Å². The fourth-order valence-corrected chi connectivity index (χ4v) is 8.53. The second-order valence-electron chi connectivity index (χ2n) is 8.21. The van der Waals surface area contributed by atoms with Gasteiger partial charge in [-0.3, -0.25) is 0 Å². The maximum Gasteiger partial charge on any atom is 0.261 e. The molecular formula is C23H30O3Si. The van der Waals surface area contributed by atoms with E-state index in [2.05, 4.69) is 81.4 Å². The Labute approximate surface area is 163 Å². The molecule has 0 fully saturated rings. The molecule has 0 aromatic heterocycles. The van der Waals surface area contributed by atoms with Crippen LogP contribution in [0.1, 0.15) is 27.2 Å². The summed E-state index contributed by atoms with van der Waals surface area (Å²) in [6.07, 6.45) is 3.62. The minimum absolute atomic E-state index is 0.0305. The molecule has 2 aromatic rings. The third-order valence-corrected chi connectivity index (χ3v) is 10.4. The lowest BCUT2D eigenvalue weighted by molar-refractivity contribution is 0.0545. The molecular weight excluding hydrogens is 352 g/mol. The molecule has 0 amide bonds. The van der Waals surface area contributed by atoms with E-state index in [4.69, 9.17) is 9.16 Å². The van der Waals surface area contributed by atoms with Gasteiger partial charge in [0, 0.05) is 12.5 Å². The number of ether oxygens (including phenoxy) is 1. The summed E-state index contributed by atoms with van der Waals surface area (Å²) in [7, 11) is -2.50. The van der Waals surface area contributed by atoms with E-state index >= 15 is 0 Å². The number of aliphatic hydroxyl groups is 1. The number of rotatable bonds is 6. The Morgan fingerprint density at radius 3 is 2.04 bits per heavy atom. The summed E-state index contributed by atoms with van der Waals surface area (Å²) in [5.41, 5.74) is 0. The standard InChI is InChI=1S/C23H30O3Si/c1-23(2,3)27(20-10-6-4-7-11-20,21-12-8-5-9-13-21)26-17-14-19-18-25-16-15-22(19)24/h4-13,15-16,19,22,24H,14,17-18H2,1-3H3/t19?,22-/m1/s1. The zero-order valence-corrected chi connectivity index (χ0v) is 17.5. The van der Waals surface area contributed by atoms with Crippen LogP contribution in [0.15, 0.2) is 73.0 Å². The zero-order valence-electron chi connectivity index (χ0n) is 16.5. The van der Waals surface area contributed by atoms with E-state index in [0.29, 0.717) is 13.2 Å². The molecule has 2 atom stereocenters. The molecule has 0 radical (unpaired) electrons. The molecule has 0 aliphatic carbocycles. The van der Waals surface area contributed by atoms with E-state index < -0.39 is 14.4 Å². The summed E-state index contributed by atoms with van der Waals surface area (Å²) < 4.78 is 12.3. The highest BCUT2D eigenvalue weighted by atomic mass is 28.4. The van der Waals surface area contributed by atoms with Crippen molar-refractivity contribution in [2.45, 2.75) is 38.3 Å². The van der Waals surface area contributed by atoms with Crippen molar-refractivity contribution in [1.82, 2.24) is 0 Å². The van der Waals surface area contributed by atoms with Gasteiger partial charge in [0.25, 0.3) is 8.32 Å². The highest BCUT2D eigenvalue weighted by Crippen LogP contribution is 2.37. The lowest BCUT2D eigenvalue weighted by Crippen LogP contribution is -2.66. The van der Waals surface area contributed by atoms with Crippen molar-refractivity contribution in [3.63, 3.8) is 0 Å². The van der Waals surface area contributed by atoms with Gasteiger partial charge in [0.1, 0.15) is 0 Å². The van der Waals surface area contributed by atoms with E-state index in [1.54, 1.807) is 12.3 Å². The van der Waals surface area contributed by atoms with Crippen LogP contribution in [0.2, 0.25) is 5.04 Å². The number of hydrogen-bond acceptors (Lipinski definition) is 3. The fourth-order valence-electron chi connectivity index (χ4n) is 3.95. The molecule has 3 rings (SSSR count). The molecule has 0 bridgehead atoms. The topological polar surface area (TPSA) is 38.7 Å². The minimum Gasteiger partial charge on any atom is -0.501 e. The Kier molecular flexibility index (Phi) is 6.20. The van der Waals surface area contributed by atoms with Crippen LogP contribution in [0.25, 0.3) is 0 Å². The first-order chi connectivity index (χ1) is 12.9. The normalized spacial score (nSPS) is 20.3. The van der Waals surface area contributed by atoms with Gasteiger partial charge in [-0.2, -0.15) is 0 Å². The van der Waals surface area contributed by atoms with E-state index in [1.807, 2.05) is 0 Å². The molecule has 3 nitrogen and oxygen atoms in total. The van der Waals surface area contributed by atoms with Crippen molar-refractivity contribution in [3.05, 3.63) is 73.0 Å². The molecule has 0 saturated heterocycles. The molecule has 4 heteroatoms. The Morgan fingerprint density at radius 1 is 1.00 bits per heavy atom. The summed E-state index contributed by atoms with van der Waals surface area (Å²) in [4.78, 5) is 0. The fraction of sp³-hybridized carbons (Fsp3) is 0.391. The van der Waals surface area contributed by atoms with Gasteiger partial charge in [-0.1, -0.05) is 81.4 Å². The van der Waals surface area contributed by atoms with Gasteiger partial charge in [0.15, 0.2) is 0 Å². The lowest BCUT2D eigenvalue weighted by Gasteiger charge is -2.43. The molecule has 1 aliphatic heterocycles. The summed E-state index contributed by atoms with van der Waals surface area (Å²) in [5, 5.41) is 12.7. The van der Waals surface area contributed by atoms with Crippen molar-refractivity contribution in [1.29, 1.82) is 0 Å². The molecule has 1 heterocycles. The average molecular weight is 383 g/mol. The molecule has 1 unspecified atom stereocenters. The van der Waals surface area contributed by atoms with Crippen molar-refractivity contribution in [3.8, 4) is 0 Å². The van der Waals surface area contributed by atoms with Crippen LogP contribution >= 0.6 is 0 Å². The lowest BCUT2D eigenvalue weighted by atomic mass is 9.99. The van der Waals surface area contributed by atoms with Gasteiger partial charge in [-0.25, -0.2) is 0 Å². The second kappa shape index (κ2) is 8.42. The first-order valence-electron chi connectivity index (χ1n) is 9.66. The highest BCUT2D eigenvalue weighted by Gasteiger charge is 2.50. The van der Waals surface area contributed by atoms with Crippen LogP contribution in [0.3, 0.4) is 0 Å². The predicted molar refractivity (Wildman–Crippen MR) is 113 cm³/mol. The third-order valence-electron chi connectivity index (χ3n) is 5.39. The van der Waals surface area contributed by atoms with Gasteiger partial charge < -0.3 is 14.3 Å². The van der Waals surface area contributed by atoms with Crippen LogP contribution in [-0.4, -0.2) is 32.7 Å². The smallest absolute Gasteiger partial charge is 0.261 e. The SMILES string of the molecule is CC(C)(C)[Si](OCCC1COC=C[C@H]1O)(c1ccccc1)c1ccccc1. The number of aliphatic hydroxyl groups excluding tert-OH is 1. The average Bonchev–Trinajstić information content (AvgIpc) is 2.67. The monoisotopic (exact) mass is 382 g/mol. The highest BCUT2D eigenvalue weighted by molar-refractivity contribution is 6.99. The Morgan fingerprint density at radius 2 is 1.56 bits per heavy atom. The number of benzene rings is 2. The molecule has 0 spiro atoms. The van der Waals surface area contributed by atoms with Gasteiger partial charge in [-0.15, -0.1) is 0 Å². The molecule has 0 saturated carbocycles. The van der Waals surface area contributed by atoms with E-state index in [1.165, 1.54) is 10.4 Å². The third kappa shape index (κ3) is 4.18. The quantitative estimate of drug-likeness (QED) is 0.778. The molecule has 2 aromatic carbocycles. The summed E-state index contributed by atoms with van der Waals surface area (Å²) in [6, 6.07) is 21.3. The van der Waals surface area contributed by atoms with Gasteiger partial charge in [0.2, 0.25) is 0 Å². The Balaban J connectivity index is 1.93. The maximum absolute atomic E-state index is 10.2. The van der Waals surface area contributed by atoms with Gasteiger partial charge in [-0.05, 0) is 27.9 Å². The van der Waals surface area contributed by atoms with E-state index in [0.717, 1.165) is 6.42 Å². The van der Waals surface area contributed by atoms with Crippen molar-refractivity contribution in [2.24, 2.45) is 5.92 Å². The summed E-state index contributed by atoms with van der Waals surface area (Å²) in [5.74, 6) is 0.0771. The second-order valence-corrected chi connectivity index (χ2v) is 12.5. The van der Waals surface area contributed by atoms with Crippen LogP contribution in [0.4, 0.5) is 0 Å². The van der Waals surface area contributed by atoms with Crippen LogP contribution < -0.4 is 10.4 Å². The molecule has 1 N–H and O–H groups in total. The predicted octanol–water partition coefficient (Wildman–Crippen LogP) is 3.47. The van der Waals surface area contributed by atoms with E-state index in [-0.39, 0.29) is 11.0 Å². The molecule has 27 heavy (non-hydrogen) atoms. The molecule has 144 valence electrons. The van der Waals surface area contributed by atoms with Gasteiger partial charge >= 0.3 is 0 Å². The largest absolute Gasteiger partial charge is 0.501 e. The zero-order chi connectivity index (χ0) is 19.3. The molecule has 1 aliphatic rings. The Bertz CT molecular complexity index is 698. The van der Waals surface area contributed by atoms with Crippen molar-refractivity contribution in [2.75, 3.05) is 13.2 Å². The first kappa shape index (κ1) is 19.9. The number of hydrogen-bond donors (Lipinski definition) is 1. The van der Waals surface area contributed by atoms with Crippen molar-refractivity contribution < 1.29 is 14.3 Å². The van der Waals surface area contributed by atoms with Crippen molar-refractivity contribution >= 4 is 18.7 Å². The van der Waals surface area contributed by atoms with Crippen LogP contribution in [0.5, 0.6) is 0 Å². The van der Waals surface area contributed by atoms with Crippen LogP contribution in [-0.2, 0) is 9.16 Å². The maximum atomic E-state index is 10.2. The summed E-state index contributed by atoms with van der Waals surface area (Å²) in [6.45, 7) is 7.98. The van der Waals surface area contributed by atoms with Gasteiger partial charge in [0.05, 0.1) is 19.0 Å². The Hall–Kier alpha value is -1.88. The summed E-state index contributed by atoms with van der Waals surface area (Å²) >= 11 is 0.